The highest BCUT2D eigenvalue weighted by Crippen LogP contribution is 2.04. The van der Waals surface area contributed by atoms with Crippen molar-refractivity contribution in [3.8, 4) is 0 Å². The van der Waals surface area contributed by atoms with Crippen LogP contribution in [-0.4, -0.2) is 0 Å². The predicted molar refractivity (Wildman–Crippen MR) is 118 cm³/mol. The highest BCUT2D eigenvalue weighted by molar-refractivity contribution is 5.15. The van der Waals surface area contributed by atoms with E-state index in [1.165, 1.54) is 11.1 Å². The van der Waals surface area contributed by atoms with Crippen LogP contribution in [0.4, 0.5) is 0 Å². The number of nitrogens with one attached hydrogen (secondary N) is 2. The fraction of sp³-hybridized carbons (Fsp3) is 0.360. The molecule has 4 rings (SSSR count). The molecular weight excluding hydrogens is 416 g/mol. The second-order valence-corrected chi connectivity index (χ2v) is 8.18. The smallest absolute Gasteiger partial charge is 0.268 e. The molecule has 0 radical (unpaired) electrons. The molecule has 8 nitrogen and oxygen atoms in total. The van der Waals surface area contributed by atoms with Crippen LogP contribution in [0.2, 0.25) is 0 Å². The fourth-order valence-electron chi connectivity index (χ4n) is 4.03. The largest absolute Gasteiger partial charge is 0.487 e. The van der Waals surface area contributed by atoms with E-state index in [1.54, 1.807) is 9.36 Å². The van der Waals surface area contributed by atoms with Crippen LogP contribution >= 0.6 is 0 Å². The summed E-state index contributed by atoms with van der Waals surface area (Å²) in [5, 5.41) is 24.3. The van der Waals surface area contributed by atoms with Crippen molar-refractivity contribution in [1.82, 2.24) is 10.5 Å². The second-order valence-electron chi connectivity index (χ2n) is 8.18. The molecule has 172 valence electrons. The van der Waals surface area contributed by atoms with Gasteiger partial charge in [-0.3, -0.25) is 21.4 Å². The molecule has 2 N–H and O–H groups in total. The van der Waals surface area contributed by atoms with Crippen LogP contribution < -0.4 is 31.0 Å². The van der Waals surface area contributed by atoms with E-state index in [0.717, 1.165) is 43.5 Å². The molecule has 0 fully saturated rings. The van der Waals surface area contributed by atoms with Crippen molar-refractivity contribution in [3.05, 3.63) is 94.3 Å². The normalized spacial score (nSPS) is 11.2. The molecular formula is C25H30N6O2. The Hall–Kier alpha value is -3.68. The molecule has 0 aliphatic heterocycles. The van der Waals surface area contributed by atoms with Crippen molar-refractivity contribution in [2.45, 2.75) is 58.0 Å². The van der Waals surface area contributed by atoms with Gasteiger partial charge in [0.15, 0.2) is 0 Å². The van der Waals surface area contributed by atoms with Gasteiger partial charge in [0.05, 0.1) is 0 Å². The zero-order valence-corrected chi connectivity index (χ0v) is 18.7. The molecule has 2 heterocycles. The fourth-order valence-corrected chi connectivity index (χ4v) is 4.03. The molecule has 0 atom stereocenters. The Balaban J connectivity index is 1.29. The summed E-state index contributed by atoms with van der Waals surface area (Å²) in [6, 6.07) is 20.7. The quantitative estimate of drug-likeness (QED) is 0.323. The molecule has 2 aromatic heterocycles. The molecule has 0 bridgehead atoms. The highest BCUT2D eigenvalue weighted by Gasteiger charge is 2.16. The van der Waals surface area contributed by atoms with Crippen LogP contribution in [0.15, 0.2) is 69.7 Å². The Bertz CT molecular complexity index is 1140. The molecule has 0 aliphatic carbocycles. The number of hydrogen-bond acceptors (Lipinski definition) is 4. The summed E-state index contributed by atoms with van der Waals surface area (Å²) in [5.74, 6) is 0. The Morgan fingerprint density at radius 2 is 1.00 bits per heavy atom. The molecule has 0 saturated carbocycles. The van der Waals surface area contributed by atoms with Crippen molar-refractivity contribution < 1.29 is 18.4 Å². The SMILES string of the molecule is N=c1o[n-][n+](CCCc2ccccc2)c1CCCc1c(=N)o[n-][n+]1CCCc1ccccc1. The zero-order chi connectivity index (χ0) is 22.9. The van der Waals surface area contributed by atoms with Crippen LogP contribution in [0.5, 0.6) is 0 Å². The van der Waals surface area contributed by atoms with Crippen molar-refractivity contribution >= 4 is 0 Å². The Kier molecular flexibility index (Phi) is 7.68. The minimum atomic E-state index is 0.113. The van der Waals surface area contributed by atoms with Gasteiger partial charge in [-0.15, -0.1) is 0 Å². The molecule has 0 aliphatic rings. The lowest BCUT2D eigenvalue weighted by molar-refractivity contribution is -0.774. The lowest BCUT2D eigenvalue weighted by atomic mass is 10.1. The number of rotatable bonds is 12. The third-order valence-corrected chi connectivity index (χ3v) is 5.79. The first-order valence-corrected chi connectivity index (χ1v) is 11.5. The number of aromatic nitrogens is 4. The van der Waals surface area contributed by atoms with E-state index in [1.807, 2.05) is 36.4 Å². The summed E-state index contributed by atoms with van der Waals surface area (Å²) >= 11 is 0. The third kappa shape index (κ3) is 6.19. The molecule has 0 saturated heterocycles. The molecule has 0 amide bonds. The molecule has 0 unspecified atom stereocenters. The van der Waals surface area contributed by atoms with E-state index < -0.39 is 0 Å². The third-order valence-electron chi connectivity index (χ3n) is 5.79. The van der Waals surface area contributed by atoms with Gasteiger partial charge in [0.1, 0.15) is 13.1 Å². The molecule has 8 heteroatoms. The van der Waals surface area contributed by atoms with E-state index in [4.69, 9.17) is 19.9 Å². The van der Waals surface area contributed by atoms with Gasteiger partial charge in [-0.05, 0) is 30.4 Å². The van der Waals surface area contributed by atoms with Gasteiger partial charge >= 0.3 is 0 Å². The Morgan fingerprint density at radius 3 is 1.42 bits per heavy atom. The average molecular weight is 447 g/mol. The van der Waals surface area contributed by atoms with Gasteiger partial charge in [-0.1, -0.05) is 60.7 Å². The van der Waals surface area contributed by atoms with Gasteiger partial charge in [-0.25, -0.2) is 9.36 Å². The van der Waals surface area contributed by atoms with E-state index in [0.29, 0.717) is 25.9 Å². The van der Waals surface area contributed by atoms with Crippen LogP contribution in [0.1, 0.15) is 41.8 Å². The van der Waals surface area contributed by atoms with Gasteiger partial charge in [0, 0.05) is 25.7 Å². The standard InChI is InChI=1S/C25H30N6O2/c26-24-22(30(28-32-24)18-8-14-20-10-3-1-4-11-20)16-7-17-23-25(27)33-29-31(23)19-9-15-21-12-5-2-6-13-21/h1-6,10-13,26-27H,7-9,14-19H2. The maximum atomic E-state index is 8.08. The molecule has 4 aromatic rings. The lowest BCUT2D eigenvalue weighted by Gasteiger charge is -2.04. The summed E-state index contributed by atoms with van der Waals surface area (Å²) in [5.41, 5.74) is 4.40. The minimum Gasteiger partial charge on any atom is -0.487 e. The number of nitrogens with zero attached hydrogens (tertiary/aromatic N) is 4. The first-order valence-electron chi connectivity index (χ1n) is 11.5. The molecule has 2 aromatic carbocycles. The predicted octanol–water partition coefficient (Wildman–Crippen LogP) is 1.76. The maximum Gasteiger partial charge on any atom is 0.268 e. The van der Waals surface area contributed by atoms with Gasteiger partial charge < -0.3 is 9.05 Å². The van der Waals surface area contributed by atoms with E-state index in [2.05, 4.69) is 34.8 Å². The van der Waals surface area contributed by atoms with Crippen LogP contribution in [0.3, 0.4) is 0 Å². The van der Waals surface area contributed by atoms with E-state index in [-0.39, 0.29) is 11.1 Å². The van der Waals surface area contributed by atoms with Crippen molar-refractivity contribution in [3.63, 3.8) is 0 Å². The van der Waals surface area contributed by atoms with Crippen molar-refractivity contribution in [2.75, 3.05) is 0 Å². The Labute approximate surface area is 192 Å². The monoisotopic (exact) mass is 446 g/mol. The number of aryl methyl sites for hydroxylation is 4. The first kappa shape index (κ1) is 22.5. The lowest BCUT2D eigenvalue weighted by Crippen LogP contribution is -2.44. The van der Waals surface area contributed by atoms with Gasteiger partial charge in [0.25, 0.3) is 11.1 Å². The summed E-state index contributed by atoms with van der Waals surface area (Å²) in [4.78, 5) is 0. The van der Waals surface area contributed by atoms with Gasteiger partial charge in [0.2, 0.25) is 11.4 Å². The van der Waals surface area contributed by atoms with Crippen LogP contribution in [0.25, 0.3) is 0 Å². The molecule has 33 heavy (non-hydrogen) atoms. The van der Waals surface area contributed by atoms with Crippen LogP contribution in [-0.2, 0) is 38.8 Å². The maximum absolute atomic E-state index is 8.08. The average Bonchev–Trinajstić information content (AvgIpc) is 3.37. The topological polar surface area (TPSA) is 110 Å². The second kappa shape index (κ2) is 11.3. The summed E-state index contributed by atoms with van der Waals surface area (Å²) in [6.07, 6.45) is 5.84. The minimum absolute atomic E-state index is 0.113. The van der Waals surface area contributed by atoms with Gasteiger partial charge in [-0.2, -0.15) is 0 Å². The van der Waals surface area contributed by atoms with Crippen molar-refractivity contribution in [1.29, 1.82) is 10.8 Å². The van der Waals surface area contributed by atoms with Crippen molar-refractivity contribution in [2.24, 2.45) is 0 Å². The van der Waals surface area contributed by atoms with Crippen LogP contribution in [0, 0.1) is 10.8 Å². The summed E-state index contributed by atoms with van der Waals surface area (Å²) in [6.45, 7) is 1.42. The first-order chi connectivity index (χ1) is 16.2. The Morgan fingerprint density at radius 1 is 0.576 bits per heavy atom. The van der Waals surface area contributed by atoms with E-state index in [9.17, 15) is 0 Å². The van der Waals surface area contributed by atoms with E-state index >= 15 is 0 Å². The number of benzene rings is 2. The highest BCUT2D eigenvalue weighted by atomic mass is 16.5. The molecule has 0 spiro atoms. The number of hydrogen-bond donors (Lipinski definition) is 2. The zero-order valence-electron chi connectivity index (χ0n) is 18.7. The summed E-state index contributed by atoms with van der Waals surface area (Å²) in [7, 11) is 0. The summed E-state index contributed by atoms with van der Waals surface area (Å²) < 4.78 is 13.9.